The zero-order chi connectivity index (χ0) is 24.6. The molecular weight excluding hydrogens is 430 g/mol. The first-order chi connectivity index (χ1) is 16.2. The van der Waals surface area contributed by atoms with Gasteiger partial charge in [0, 0.05) is 23.5 Å². The Hall–Kier alpha value is -3.87. The van der Waals surface area contributed by atoms with Crippen LogP contribution in [0.1, 0.15) is 31.9 Å². The normalized spacial score (nSPS) is 13.4. The number of aromatic nitrogens is 1. The summed E-state index contributed by atoms with van der Waals surface area (Å²) in [4.78, 5) is 40.0. The maximum Gasteiger partial charge on any atom is 0.408 e. The van der Waals surface area contributed by atoms with Crippen LogP contribution in [0.25, 0.3) is 10.9 Å². The van der Waals surface area contributed by atoms with Gasteiger partial charge in [-0.15, -0.1) is 0 Å². The smallest absolute Gasteiger partial charge is 0.408 e. The summed E-state index contributed by atoms with van der Waals surface area (Å²) in [6.45, 7) is 5.29. The van der Waals surface area contributed by atoms with Crippen LogP contribution in [0.2, 0.25) is 0 Å². The van der Waals surface area contributed by atoms with Crippen molar-refractivity contribution in [1.29, 1.82) is 0 Å². The maximum atomic E-state index is 13.3. The summed E-state index contributed by atoms with van der Waals surface area (Å²) in [5.41, 5.74) is 2.21. The molecule has 0 bridgehead atoms. The number of fused-ring (bicyclic) bond motifs is 1. The highest BCUT2D eigenvalue weighted by molar-refractivity contribution is 5.87. The van der Waals surface area contributed by atoms with Gasteiger partial charge in [0.2, 0.25) is 5.91 Å². The second kappa shape index (κ2) is 11.3. The number of allylic oxidation sites excluding steroid dienone is 1. The molecule has 2 amide bonds. The molecule has 0 spiro atoms. The van der Waals surface area contributed by atoms with E-state index in [0.29, 0.717) is 19.1 Å². The minimum atomic E-state index is -0.854. The molecule has 3 N–H and O–H groups in total. The minimum absolute atomic E-state index is 0.295. The van der Waals surface area contributed by atoms with Crippen molar-refractivity contribution in [2.45, 2.75) is 51.3 Å². The van der Waals surface area contributed by atoms with Crippen LogP contribution in [0.3, 0.4) is 0 Å². The number of hydrogen-bond donors (Lipinski definition) is 3. The number of aldehydes is 1. The summed E-state index contributed by atoms with van der Waals surface area (Å²) in [5.74, 6) is -0.366. The number of carbonyl (C=O) groups excluding carboxylic acids is 3. The number of hydrogen-bond acceptors (Lipinski definition) is 4. The number of aromatic amines is 1. The summed E-state index contributed by atoms with van der Waals surface area (Å²) in [5, 5.41) is 6.72. The van der Waals surface area contributed by atoms with Gasteiger partial charge in [0.25, 0.3) is 0 Å². The molecule has 0 aliphatic rings. The van der Waals surface area contributed by atoms with Gasteiger partial charge in [0.05, 0.1) is 6.04 Å². The Balaban J connectivity index is 1.79. The molecule has 1 heterocycles. The Bertz CT molecular complexity index is 1150. The summed E-state index contributed by atoms with van der Waals surface area (Å²) in [7, 11) is 0. The Kier molecular flexibility index (Phi) is 8.24. The van der Waals surface area contributed by atoms with Gasteiger partial charge in [0.1, 0.15) is 17.9 Å². The van der Waals surface area contributed by atoms with Gasteiger partial charge in [-0.3, -0.25) is 9.59 Å². The Morgan fingerprint density at radius 2 is 1.71 bits per heavy atom. The number of benzene rings is 2. The SMILES string of the molecule is CC(C)(C)OC(=O)N[C@@H](Cc1ccccc1)C(=O)N[C@H](C=CC=O)Cc1c[nH]c2ccccc12. The molecule has 2 atom stereocenters. The van der Waals surface area contributed by atoms with Crippen molar-refractivity contribution in [2.24, 2.45) is 0 Å². The van der Waals surface area contributed by atoms with Crippen molar-refractivity contribution in [2.75, 3.05) is 0 Å². The van der Waals surface area contributed by atoms with E-state index in [1.807, 2.05) is 60.8 Å². The lowest BCUT2D eigenvalue weighted by Crippen LogP contribution is -2.51. The van der Waals surface area contributed by atoms with E-state index in [1.54, 1.807) is 26.8 Å². The average Bonchev–Trinajstić information content (AvgIpc) is 3.19. The molecule has 1 aromatic heterocycles. The topological polar surface area (TPSA) is 100 Å². The van der Waals surface area contributed by atoms with Gasteiger partial charge in [-0.2, -0.15) is 0 Å². The largest absolute Gasteiger partial charge is 0.444 e. The molecule has 0 aliphatic heterocycles. The third-order valence-electron chi connectivity index (χ3n) is 5.15. The molecule has 2 aromatic carbocycles. The molecule has 34 heavy (non-hydrogen) atoms. The van der Waals surface area contributed by atoms with Crippen molar-refractivity contribution < 1.29 is 19.1 Å². The van der Waals surface area contributed by atoms with Crippen LogP contribution < -0.4 is 10.6 Å². The predicted molar refractivity (Wildman–Crippen MR) is 132 cm³/mol. The lowest BCUT2D eigenvalue weighted by molar-refractivity contribution is -0.123. The summed E-state index contributed by atoms with van der Waals surface area (Å²) < 4.78 is 5.36. The number of rotatable bonds is 9. The molecule has 0 aliphatic carbocycles. The van der Waals surface area contributed by atoms with E-state index in [9.17, 15) is 14.4 Å². The van der Waals surface area contributed by atoms with Gasteiger partial charge in [0.15, 0.2) is 0 Å². The Morgan fingerprint density at radius 3 is 2.41 bits per heavy atom. The highest BCUT2D eigenvalue weighted by atomic mass is 16.6. The van der Waals surface area contributed by atoms with Crippen molar-refractivity contribution in [1.82, 2.24) is 15.6 Å². The zero-order valence-electron chi connectivity index (χ0n) is 19.7. The predicted octanol–water partition coefficient (Wildman–Crippen LogP) is 4.09. The van der Waals surface area contributed by atoms with E-state index < -0.39 is 23.8 Å². The molecule has 3 aromatic rings. The lowest BCUT2D eigenvalue weighted by Gasteiger charge is -2.25. The zero-order valence-corrected chi connectivity index (χ0v) is 19.7. The fraction of sp³-hybridized carbons (Fsp3) is 0.296. The van der Waals surface area contributed by atoms with Crippen LogP contribution in [-0.4, -0.2) is 41.0 Å². The van der Waals surface area contributed by atoms with E-state index in [0.717, 1.165) is 22.0 Å². The highest BCUT2D eigenvalue weighted by Crippen LogP contribution is 2.19. The molecule has 0 fully saturated rings. The van der Waals surface area contributed by atoms with Gasteiger partial charge in [-0.1, -0.05) is 54.6 Å². The van der Waals surface area contributed by atoms with Crippen LogP contribution in [0.15, 0.2) is 72.9 Å². The van der Waals surface area contributed by atoms with Crippen molar-refractivity contribution in [3.63, 3.8) is 0 Å². The molecule has 0 unspecified atom stereocenters. The van der Waals surface area contributed by atoms with Crippen LogP contribution in [0.4, 0.5) is 4.79 Å². The molecule has 178 valence electrons. The first kappa shape index (κ1) is 24.8. The van der Waals surface area contributed by atoms with E-state index in [-0.39, 0.29) is 5.91 Å². The van der Waals surface area contributed by atoms with E-state index in [4.69, 9.17) is 4.74 Å². The van der Waals surface area contributed by atoms with Gasteiger partial charge in [-0.05, 0) is 50.5 Å². The third kappa shape index (κ3) is 7.33. The first-order valence-electron chi connectivity index (χ1n) is 11.3. The molecule has 7 nitrogen and oxygen atoms in total. The fourth-order valence-electron chi connectivity index (χ4n) is 3.68. The number of H-pyrrole nitrogens is 1. The fourth-order valence-corrected chi connectivity index (χ4v) is 3.68. The molecule has 7 heteroatoms. The quantitative estimate of drug-likeness (QED) is 0.330. The van der Waals surface area contributed by atoms with Crippen molar-refractivity contribution in [3.05, 3.63) is 84.1 Å². The molecule has 0 saturated carbocycles. The van der Waals surface area contributed by atoms with Crippen LogP contribution in [0, 0.1) is 0 Å². The van der Waals surface area contributed by atoms with E-state index >= 15 is 0 Å². The van der Waals surface area contributed by atoms with Crippen LogP contribution >= 0.6 is 0 Å². The number of alkyl carbamates (subject to hydrolysis) is 1. The standard InChI is InChI=1S/C27H31N3O4/c1-27(2,3)34-26(33)30-24(16-19-10-5-4-6-11-19)25(32)29-21(12-9-15-31)17-20-18-28-23-14-8-7-13-22(20)23/h4-15,18,21,24,28H,16-17H2,1-3H3,(H,29,32)(H,30,33)/t21-,24+/m1/s1. The van der Waals surface area contributed by atoms with Gasteiger partial charge < -0.3 is 20.4 Å². The lowest BCUT2D eigenvalue weighted by atomic mass is 10.0. The number of para-hydroxylation sites is 1. The van der Waals surface area contributed by atoms with Crippen LogP contribution in [-0.2, 0) is 27.2 Å². The number of ether oxygens (including phenoxy) is 1. The van der Waals surface area contributed by atoms with E-state index in [1.165, 1.54) is 6.08 Å². The van der Waals surface area contributed by atoms with Gasteiger partial charge in [-0.25, -0.2) is 4.79 Å². The van der Waals surface area contributed by atoms with Crippen molar-refractivity contribution >= 4 is 29.2 Å². The third-order valence-corrected chi connectivity index (χ3v) is 5.15. The number of amides is 2. The Morgan fingerprint density at radius 1 is 1.00 bits per heavy atom. The monoisotopic (exact) mass is 461 g/mol. The maximum absolute atomic E-state index is 13.3. The number of nitrogens with one attached hydrogen (secondary N) is 3. The highest BCUT2D eigenvalue weighted by Gasteiger charge is 2.26. The van der Waals surface area contributed by atoms with Gasteiger partial charge >= 0.3 is 6.09 Å². The molecule has 3 rings (SSSR count). The summed E-state index contributed by atoms with van der Waals surface area (Å²) in [6.07, 6.45) is 5.70. The second-order valence-corrected chi connectivity index (χ2v) is 9.09. The van der Waals surface area contributed by atoms with E-state index in [2.05, 4.69) is 15.6 Å². The molecule has 0 radical (unpaired) electrons. The summed E-state index contributed by atoms with van der Waals surface area (Å²) in [6, 6.07) is 16.0. The number of carbonyl (C=O) groups is 3. The first-order valence-corrected chi connectivity index (χ1v) is 11.3. The summed E-state index contributed by atoms with van der Waals surface area (Å²) >= 11 is 0. The minimum Gasteiger partial charge on any atom is -0.444 e. The Labute approximate surface area is 199 Å². The molecular formula is C27H31N3O4. The average molecular weight is 462 g/mol. The molecule has 0 saturated heterocycles. The van der Waals surface area contributed by atoms with Crippen molar-refractivity contribution in [3.8, 4) is 0 Å². The second-order valence-electron chi connectivity index (χ2n) is 9.09. The van der Waals surface area contributed by atoms with Crippen LogP contribution in [0.5, 0.6) is 0 Å².